The van der Waals surface area contributed by atoms with Gasteiger partial charge in [0.2, 0.25) is 0 Å². The average molecular weight is 560 g/mol. The van der Waals surface area contributed by atoms with Gasteiger partial charge in [0.25, 0.3) is 0 Å². The van der Waals surface area contributed by atoms with Crippen molar-refractivity contribution in [3.8, 4) is 0 Å². The van der Waals surface area contributed by atoms with Gasteiger partial charge in [0.15, 0.2) is 0 Å². The largest absolute Gasteiger partial charge is 0.294 e. The molecule has 0 bridgehead atoms. The van der Waals surface area contributed by atoms with Gasteiger partial charge in [0.05, 0.1) is 0 Å². The van der Waals surface area contributed by atoms with Crippen molar-refractivity contribution in [3.05, 3.63) is 12.2 Å². The monoisotopic (exact) mass is 560 g/mol. The van der Waals surface area contributed by atoms with Gasteiger partial charge in [0.1, 0.15) is 0 Å². The van der Waals surface area contributed by atoms with Crippen LogP contribution in [0, 0.1) is 59.2 Å². The summed E-state index contributed by atoms with van der Waals surface area (Å²) in [6.45, 7) is 0. The molecule has 8 rings (SSSR count). The van der Waals surface area contributed by atoms with Crippen molar-refractivity contribution in [2.75, 3.05) is 0 Å². The minimum Gasteiger partial charge on any atom is -0.294 e. The van der Waals surface area contributed by atoms with Crippen LogP contribution in [0.25, 0.3) is 0 Å². The van der Waals surface area contributed by atoms with E-state index in [1.54, 1.807) is 64.2 Å². The van der Waals surface area contributed by atoms with Gasteiger partial charge in [-0.05, 0) is 149 Å². The fourth-order valence-corrected chi connectivity index (χ4v) is 14.1. The Labute approximate surface area is 254 Å². The van der Waals surface area contributed by atoms with E-state index in [1.807, 2.05) is 0 Å². The van der Waals surface area contributed by atoms with Gasteiger partial charge in [-0.15, -0.1) is 0 Å². The Kier molecular flexibility index (Phi) is 8.66. The molecule has 0 heterocycles. The highest BCUT2D eigenvalue weighted by atomic mass is 15.2. The summed E-state index contributed by atoms with van der Waals surface area (Å²) >= 11 is 0. The first-order chi connectivity index (χ1) is 20.3. The van der Waals surface area contributed by atoms with E-state index in [0.717, 1.165) is 77.3 Å². The molecule has 8 aliphatic carbocycles. The molecule has 0 aromatic heterocycles. The molecule has 11 unspecified atom stereocenters. The van der Waals surface area contributed by atoms with E-state index in [9.17, 15) is 0 Å². The van der Waals surface area contributed by atoms with Crippen LogP contribution in [0.15, 0.2) is 12.2 Å². The average Bonchev–Trinajstić information content (AvgIpc) is 3.04. The second-order valence-electron chi connectivity index (χ2n) is 17.3. The maximum atomic E-state index is 3.28. The van der Waals surface area contributed by atoms with Crippen LogP contribution >= 0.6 is 0 Å². The zero-order chi connectivity index (χ0) is 27.2. The van der Waals surface area contributed by atoms with Crippen LogP contribution in [0.3, 0.4) is 0 Å². The van der Waals surface area contributed by atoms with Crippen molar-refractivity contribution in [1.82, 2.24) is 4.90 Å². The van der Waals surface area contributed by atoms with Gasteiger partial charge < -0.3 is 0 Å². The molecule has 0 N–H and O–H groups in total. The van der Waals surface area contributed by atoms with Gasteiger partial charge in [-0.25, -0.2) is 0 Å². The first-order valence-corrected chi connectivity index (χ1v) is 19.8. The zero-order valence-corrected chi connectivity index (χ0v) is 26.8. The van der Waals surface area contributed by atoms with Crippen molar-refractivity contribution in [2.45, 2.75) is 179 Å². The van der Waals surface area contributed by atoms with Gasteiger partial charge in [-0.2, -0.15) is 0 Å². The van der Waals surface area contributed by atoms with Gasteiger partial charge in [-0.1, -0.05) is 82.8 Å². The summed E-state index contributed by atoms with van der Waals surface area (Å²) in [4.78, 5) is 3.28. The normalized spacial score (nSPS) is 47.7. The van der Waals surface area contributed by atoms with E-state index < -0.39 is 0 Å². The molecule has 0 amide bonds. The fraction of sp³-hybridized carbons (Fsp3) is 0.950. The molecule has 8 fully saturated rings. The number of rotatable bonds is 5. The van der Waals surface area contributed by atoms with E-state index in [2.05, 4.69) is 17.1 Å². The predicted molar refractivity (Wildman–Crippen MR) is 173 cm³/mol. The van der Waals surface area contributed by atoms with Crippen molar-refractivity contribution >= 4 is 0 Å². The lowest BCUT2D eigenvalue weighted by molar-refractivity contribution is -0.0890. The third kappa shape index (κ3) is 5.46. The summed E-state index contributed by atoms with van der Waals surface area (Å²) < 4.78 is 0. The first-order valence-electron chi connectivity index (χ1n) is 19.8. The molecule has 41 heavy (non-hydrogen) atoms. The van der Waals surface area contributed by atoms with Crippen LogP contribution in [0.5, 0.6) is 0 Å². The molecule has 1 nitrogen and oxygen atoms in total. The van der Waals surface area contributed by atoms with E-state index in [4.69, 9.17) is 0 Å². The number of allylic oxidation sites excluding steroid dienone is 2. The molecule has 0 aliphatic heterocycles. The Balaban J connectivity index is 0.992. The van der Waals surface area contributed by atoms with Crippen LogP contribution in [0.1, 0.15) is 161 Å². The molecule has 0 saturated heterocycles. The van der Waals surface area contributed by atoms with Crippen LogP contribution in [-0.2, 0) is 0 Å². The fourth-order valence-electron chi connectivity index (χ4n) is 14.1. The molecule has 0 aromatic rings. The lowest BCUT2D eigenvalue weighted by Gasteiger charge is -2.59. The Hall–Kier alpha value is -0.300. The molecule has 0 aromatic carbocycles. The molecule has 11 atom stereocenters. The van der Waals surface area contributed by atoms with Crippen molar-refractivity contribution < 1.29 is 0 Å². The lowest BCUT2D eigenvalue weighted by atomic mass is 9.46. The van der Waals surface area contributed by atoms with Crippen LogP contribution in [0.4, 0.5) is 0 Å². The predicted octanol–water partition coefficient (Wildman–Crippen LogP) is 11.0. The Bertz CT molecular complexity index is 855. The molecule has 0 spiro atoms. The van der Waals surface area contributed by atoms with E-state index >= 15 is 0 Å². The number of hydrogen-bond acceptors (Lipinski definition) is 1. The molecular formula is C40H65N. The van der Waals surface area contributed by atoms with Gasteiger partial charge >= 0.3 is 0 Å². The number of fused-ring (bicyclic) bond motifs is 1. The Morgan fingerprint density at radius 1 is 0.341 bits per heavy atom. The van der Waals surface area contributed by atoms with Crippen LogP contribution in [-0.4, -0.2) is 23.0 Å². The molecule has 230 valence electrons. The third-order valence-electron chi connectivity index (χ3n) is 15.6. The van der Waals surface area contributed by atoms with Crippen molar-refractivity contribution in [3.63, 3.8) is 0 Å². The van der Waals surface area contributed by atoms with E-state index in [0.29, 0.717) is 0 Å². The molecule has 8 saturated carbocycles. The summed E-state index contributed by atoms with van der Waals surface area (Å²) in [7, 11) is 0. The smallest absolute Gasteiger partial charge is 0.0132 e. The van der Waals surface area contributed by atoms with Crippen LogP contribution in [0.2, 0.25) is 0 Å². The molecule has 0 radical (unpaired) electrons. The lowest BCUT2D eigenvalue weighted by Crippen LogP contribution is -2.57. The zero-order valence-electron chi connectivity index (χ0n) is 26.8. The van der Waals surface area contributed by atoms with Crippen molar-refractivity contribution in [1.29, 1.82) is 0 Å². The summed E-state index contributed by atoms with van der Waals surface area (Å²) in [5, 5.41) is 0. The maximum Gasteiger partial charge on any atom is 0.0132 e. The first kappa shape index (κ1) is 28.2. The minimum absolute atomic E-state index is 0.902. The second kappa shape index (κ2) is 12.6. The third-order valence-corrected chi connectivity index (χ3v) is 15.6. The molecule has 8 aliphatic rings. The minimum atomic E-state index is 0.902. The van der Waals surface area contributed by atoms with E-state index in [1.165, 1.54) is 96.3 Å². The standard InChI is InChI=1S/C40H65N/c1-3-12-33(13-4-1)41(34-14-5-2-6-15-34)38-27-25-28(35-16-7-8-17-37(35)38)18-19-29-20-21-32-23-22-30-10-9-11-31-24-26-36(29)40(32)39(30)31/h18-19,28-40H,1-17,20-27H2. The molecular weight excluding hydrogens is 494 g/mol. The molecule has 1 heteroatoms. The highest BCUT2D eigenvalue weighted by Crippen LogP contribution is 2.61. The van der Waals surface area contributed by atoms with Gasteiger partial charge in [0, 0.05) is 18.1 Å². The SMILES string of the molecule is C(=CC1CCC2CCC3CCCC4CCC1C2C34)C1CCC(N(C2CCCCC2)C2CCCCC2)C2CCCCC12. The Morgan fingerprint density at radius 3 is 1.54 bits per heavy atom. The number of nitrogens with zero attached hydrogens (tertiary/aromatic N) is 1. The van der Waals surface area contributed by atoms with Crippen molar-refractivity contribution in [2.24, 2.45) is 59.2 Å². The maximum absolute atomic E-state index is 3.28. The van der Waals surface area contributed by atoms with Gasteiger partial charge in [-0.3, -0.25) is 4.90 Å². The van der Waals surface area contributed by atoms with E-state index in [-0.39, 0.29) is 0 Å². The quantitative estimate of drug-likeness (QED) is 0.303. The summed E-state index contributed by atoms with van der Waals surface area (Å²) in [5.74, 6) is 10.5. The second-order valence-corrected chi connectivity index (χ2v) is 17.3. The summed E-state index contributed by atoms with van der Waals surface area (Å²) in [6, 6.07) is 2.78. The topological polar surface area (TPSA) is 3.24 Å². The highest BCUT2D eigenvalue weighted by Gasteiger charge is 2.53. The Morgan fingerprint density at radius 2 is 0.854 bits per heavy atom. The highest BCUT2D eigenvalue weighted by molar-refractivity contribution is 5.09. The summed E-state index contributed by atoms with van der Waals surface area (Å²) in [6.07, 6.45) is 44.3. The summed E-state index contributed by atoms with van der Waals surface area (Å²) in [5.41, 5.74) is 0. The van der Waals surface area contributed by atoms with Crippen LogP contribution < -0.4 is 0 Å². The number of hydrogen-bond donors (Lipinski definition) is 0.